The Morgan fingerprint density at radius 2 is 2.12 bits per heavy atom. The summed E-state index contributed by atoms with van der Waals surface area (Å²) in [6.45, 7) is 6.98. The molecule has 0 bridgehead atoms. The maximum atomic E-state index is 11.8. The van der Waals surface area contributed by atoms with Crippen molar-refractivity contribution in [3.05, 3.63) is 0 Å². The van der Waals surface area contributed by atoms with E-state index >= 15 is 0 Å². The van der Waals surface area contributed by atoms with Gasteiger partial charge in [0.15, 0.2) is 0 Å². The van der Waals surface area contributed by atoms with Crippen molar-refractivity contribution in [3.63, 3.8) is 0 Å². The van der Waals surface area contributed by atoms with Gasteiger partial charge in [-0.15, -0.1) is 0 Å². The summed E-state index contributed by atoms with van der Waals surface area (Å²) in [6, 6.07) is 0. The SMILES string of the molecule is CC(C)(C)OC(=O)N1CCC2(CCC2O)C1. The van der Waals surface area contributed by atoms with Crippen molar-refractivity contribution in [2.75, 3.05) is 13.1 Å². The van der Waals surface area contributed by atoms with Crippen molar-refractivity contribution < 1.29 is 14.6 Å². The number of nitrogens with zero attached hydrogens (tertiary/aromatic N) is 1. The molecule has 1 amide bonds. The Morgan fingerprint density at radius 1 is 1.44 bits per heavy atom. The number of hydrogen-bond acceptors (Lipinski definition) is 3. The molecule has 1 heterocycles. The summed E-state index contributed by atoms with van der Waals surface area (Å²) in [7, 11) is 0. The van der Waals surface area contributed by atoms with Gasteiger partial charge < -0.3 is 14.7 Å². The number of likely N-dealkylation sites (tertiary alicyclic amines) is 1. The van der Waals surface area contributed by atoms with Crippen LogP contribution in [-0.4, -0.2) is 40.9 Å². The molecule has 2 fully saturated rings. The fraction of sp³-hybridized carbons (Fsp3) is 0.917. The Kier molecular flexibility index (Phi) is 2.65. The number of aliphatic hydroxyl groups excluding tert-OH is 1. The molecule has 0 aromatic heterocycles. The highest BCUT2D eigenvalue weighted by Crippen LogP contribution is 2.48. The van der Waals surface area contributed by atoms with Gasteiger partial charge in [0.2, 0.25) is 0 Å². The normalized spacial score (nSPS) is 34.0. The molecule has 4 heteroatoms. The van der Waals surface area contributed by atoms with Gasteiger partial charge in [-0.05, 0) is 40.0 Å². The number of ether oxygens (including phenoxy) is 1. The van der Waals surface area contributed by atoms with Crippen molar-refractivity contribution in [3.8, 4) is 0 Å². The summed E-state index contributed by atoms with van der Waals surface area (Å²) in [6.07, 6.45) is 2.35. The fourth-order valence-corrected chi connectivity index (χ4v) is 2.54. The number of amides is 1. The lowest BCUT2D eigenvalue weighted by molar-refractivity contribution is -0.0575. The number of aliphatic hydroxyl groups is 1. The molecule has 4 nitrogen and oxygen atoms in total. The van der Waals surface area contributed by atoms with Crippen LogP contribution in [0.25, 0.3) is 0 Å². The van der Waals surface area contributed by atoms with Crippen LogP contribution < -0.4 is 0 Å². The van der Waals surface area contributed by atoms with E-state index in [4.69, 9.17) is 4.74 Å². The van der Waals surface area contributed by atoms with E-state index in [1.165, 1.54) is 0 Å². The monoisotopic (exact) mass is 227 g/mol. The summed E-state index contributed by atoms with van der Waals surface area (Å²) in [5.74, 6) is 0. The molecule has 2 rings (SSSR count). The van der Waals surface area contributed by atoms with Gasteiger partial charge in [-0.2, -0.15) is 0 Å². The van der Waals surface area contributed by atoms with Crippen LogP contribution in [-0.2, 0) is 4.74 Å². The maximum Gasteiger partial charge on any atom is 0.410 e. The van der Waals surface area contributed by atoms with Crippen LogP contribution in [0.3, 0.4) is 0 Å². The molecule has 1 N–H and O–H groups in total. The van der Waals surface area contributed by atoms with E-state index in [9.17, 15) is 9.90 Å². The standard InChI is InChI=1S/C12H21NO3/c1-11(2,3)16-10(15)13-7-6-12(8-13)5-4-9(12)14/h9,14H,4-8H2,1-3H3. The number of hydrogen-bond donors (Lipinski definition) is 1. The largest absolute Gasteiger partial charge is 0.444 e. The van der Waals surface area contributed by atoms with Gasteiger partial charge in [-0.3, -0.25) is 0 Å². The first-order valence-corrected chi connectivity index (χ1v) is 5.98. The Balaban J connectivity index is 1.91. The average Bonchev–Trinajstić information content (AvgIpc) is 2.59. The van der Waals surface area contributed by atoms with Crippen molar-refractivity contribution in [2.45, 2.75) is 51.7 Å². The van der Waals surface area contributed by atoms with Crippen LogP contribution in [0.1, 0.15) is 40.0 Å². The number of carbonyl (C=O) groups excluding carboxylic acids is 1. The van der Waals surface area contributed by atoms with Crippen LogP contribution in [0, 0.1) is 5.41 Å². The van der Waals surface area contributed by atoms with Crippen LogP contribution >= 0.6 is 0 Å². The summed E-state index contributed by atoms with van der Waals surface area (Å²) in [5.41, 5.74) is -0.456. The van der Waals surface area contributed by atoms with E-state index in [1.54, 1.807) is 4.90 Å². The average molecular weight is 227 g/mol. The predicted octanol–water partition coefficient (Wildman–Crippen LogP) is 1.77. The Hall–Kier alpha value is -0.770. The molecular weight excluding hydrogens is 206 g/mol. The molecular formula is C12H21NO3. The zero-order chi connectivity index (χ0) is 12.0. The van der Waals surface area contributed by atoms with Crippen molar-refractivity contribution in [1.82, 2.24) is 4.90 Å². The molecule has 0 radical (unpaired) electrons. The molecule has 0 aromatic carbocycles. The third kappa shape index (κ3) is 2.03. The van der Waals surface area contributed by atoms with E-state index in [0.717, 1.165) is 19.3 Å². The van der Waals surface area contributed by atoms with Crippen molar-refractivity contribution >= 4 is 6.09 Å². The van der Waals surface area contributed by atoms with Gasteiger partial charge in [0, 0.05) is 18.5 Å². The van der Waals surface area contributed by atoms with Gasteiger partial charge >= 0.3 is 6.09 Å². The lowest BCUT2D eigenvalue weighted by Gasteiger charge is -2.43. The predicted molar refractivity (Wildman–Crippen MR) is 60.1 cm³/mol. The lowest BCUT2D eigenvalue weighted by Crippen LogP contribution is -2.47. The van der Waals surface area contributed by atoms with Crippen LogP contribution in [0.15, 0.2) is 0 Å². The topological polar surface area (TPSA) is 49.8 Å². The number of carbonyl (C=O) groups is 1. The highest BCUT2D eigenvalue weighted by molar-refractivity contribution is 5.68. The van der Waals surface area contributed by atoms with E-state index < -0.39 is 5.60 Å². The molecule has 92 valence electrons. The van der Waals surface area contributed by atoms with Crippen molar-refractivity contribution in [2.24, 2.45) is 5.41 Å². The zero-order valence-corrected chi connectivity index (χ0v) is 10.3. The number of rotatable bonds is 0. The van der Waals surface area contributed by atoms with Gasteiger partial charge in [-0.25, -0.2) is 4.79 Å². The third-order valence-electron chi connectivity index (χ3n) is 3.66. The van der Waals surface area contributed by atoms with E-state index in [-0.39, 0.29) is 17.6 Å². The van der Waals surface area contributed by atoms with Crippen LogP contribution in [0.5, 0.6) is 0 Å². The highest BCUT2D eigenvalue weighted by atomic mass is 16.6. The first-order chi connectivity index (χ1) is 7.32. The summed E-state index contributed by atoms with van der Waals surface area (Å²) >= 11 is 0. The molecule has 1 saturated carbocycles. The van der Waals surface area contributed by atoms with Crippen LogP contribution in [0.4, 0.5) is 4.79 Å². The quantitative estimate of drug-likeness (QED) is 0.686. The second-order valence-corrected chi connectivity index (χ2v) is 6.07. The summed E-state index contributed by atoms with van der Waals surface area (Å²) in [4.78, 5) is 13.5. The van der Waals surface area contributed by atoms with E-state index in [1.807, 2.05) is 20.8 Å². The smallest absolute Gasteiger partial charge is 0.410 e. The molecule has 2 aliphatic rings. The Morgan fingerprint density at radius 3 is 2.50 bits per heavy atom. The van der Waals surface area contributed by atoms with Gasteiger partial charge in [-0.1, -0.05) is 0 Å². The molecule has 1 aliphatic carbocycles. The Labute approximate surface area is 96.6 Å². The minimum absolute atomic E-state index is 0.0170. The zero-order valence-electron chi connectivity index (χ0n) is 10.3. The highest BCUT2D eigenvalue weighted by Gasteiger charge is 2.51. The summed E-state index contributed by atoms with van der Waals surface area (Å²) < 4.78 is 5.32. The van der Waals surface area contributed by atoms with Crippen molar-refractivity contribution in [1.29, 1.82) is 0 Å². The van der Waals surface area contributed by atoms with Gasteiger partial charge in [0.25, 0.3) is 0 Å². The minimum Gasteiger partial charge on any atom is -0.444 e. The molecule has 1 aliphatic heterocycles. The molecule has 1 saturated heterocycles. The van der Waals surface area contributed by atoms with Gasteiger partial charge in [0.05, 0.1) is 6.10 Å². The van der Waals surface area contributed by atoms with E-state index in [2.05, 4.69) is 0 Å². The minimum atomic E-state index is -0.439. The fourth-order valence-electron chi connectivity index (χ4n) is 2.54. The molecule has 0 aromatic rings. The first kappa shape index (κ1) is 11.7. The molecule has 1 spiro atoms. The second kappa shape index (κ2) is 3.62. The van der Waals surface area contributed by atoms with Gasteiger partial charge in [0.1, 0.15) is 5.60 Å². The first-order valence-electron chi connectivity index (χ1n) is 5.98. The maximum absolute atomic E-state index is 11.8. The van der Waals surface area contributed by atoms with Crippen LogP contribution in [0.2, 0.25) is 0 Å². The Bertz CT molecular complexity index is 297. The third-order valence-corrected chi connectivity index (χ3v) is 3.66. The van der Waals surface area contributed by atoms with E-state index in [0.29, 0.717) is 13.1 Å². The summed E-state index contributed by atoms with van der Waals surface area (Å²) in [5, 5.41) is 9.75. The molecule has 2 atom stereocenters. The molecule has 16 heavy (non-hydrogen) atoms. The second-order valence-electron chi connectivity index (χ2n) is 6.07. The molecule has 2 unspecified atom stereocenters. The lowest BCUT2D eigenvalue weighted by atomic mass is 9.66.